The van der Waals surface area contributed by atoms with E-state index < -0.39 is 0 Å². The number of ether oxygens (including phenoxy) is 1. The Morgan fingerprint density at radius 3 is 2.64 bits per heavy atom. The lowest BCUT2D eigenvalue weighted by Crippen LogP contribution is -2.66. The summed E-state index contributed by atoms with van der Waals surface area (Å²) in [6, 6.07) is 0. The SMILES string of the molecule is CCCN1[SiH2]N(C)C1OCC. The highest BCUT2D eigenvalue weighted by Gasteiger charge is 2.33. The third kappa shape index (κ3) is 2.02. The fourth-order valence-corrected chi connectivity index (χ4v) is 3.18. The van der Waals surface area contributed by atoms with Crippen molar-refractivity contribution in [3.05, 3.63) is 0 Å². The van der Waals surface area contributed by atoms with Crippen LogP contribution in [0.25, 0.3) is 0 Å². The third-order valence-electron chi connectivity index (χ3n) is 1.92. The average molecular weight is 174 g/mol. The van der Waals surface area contributed by atoms with E-state index in [4.69, 9.17) is 4.74 Å². The molecule has 1 saturated heterocycles. The lowest BCUT2D eigenvalue weighted by Gasteiger charge is -2.48. The molecule has 0 spiro atoms. The normalized spacial score (nSPS) is 29.2. The number of nitrogens with zero attached hydrogens (tertiary/aromatic N) is 2. The molecule has 1 fully saturated rings. The van der Waals surface area contributed by atoms with Crippen LogP contribution in [0.2, 0.25) is 0 Å². The Morgan fingerprint density at radius 2 is 2.18 bits per heavy atom. The first-order valence-electron chi connectivity index (χ1n) is 4.35. The van der Waals surface area contributed by atoms with Gasteiger partial charge in [0.2, 0.25) is 0 Å². The summed E-state index contributed by atoms with van der Waals surface area (Å²) in [4.78, 5) is 0. The molecule has 66 valence electrons. The fraction of sp³-hybridized carbons (Fsp3) is 1.00. The Morgan fingerprint density at radius 1 is 1.45 bits per heavy atom. The zero-order valence-electron chi connectivity index (χ0n) is 7.71. The van der Waals surface area contributed by atoms with Gasteiger partial charge >= 0.3 is 0 Å². The maximum Gasteiger partial charge on any atom is 0.179 e. The second-order valence-corrected chi connectivity index (χ2v) is 5.09. The van der Waals surface area contributed by atoms with Crippen molar-refractivity contribution >= 4 is 9.84 Å². The van der Waals surface area contributed by atoms with Gasteiger partial charge in [-0.2, -0.15) is 0 Å². The Labute approximate surface area is 71.3 Å². The van der Waals surface area contributed by atoms with Gasteiger partial charge in [0.1, 0.15) is 0 Å². The number of hydrogen-bond donors (Lipinski definition) is 0. The topological polar surface area (TPSA) is 15.7 Å². The van der Waals surface area contributed by atoms with Crippen LogP contribution < -0.4 is 0 Å². The van der Waals surface area contributed by atoms with Gasteiger partial charge in [0.05, 0.1) is 0 Å². The van der Waals surface area contributed by atoms with Crippen LogP contribution in [0.5, 0.6) is 0 Å². The van der Waals surface area contributed by atoms with Crippen molar-refractivity contribution in [1.82, 2.24) is 9.13 Å². The van der Waals surface area contributed by atoms with E-state index in [0.29, 0.717) is 6.35 Å². The van der Waals surface area contributed by atoms with Crippen LogP contribution in [0.4, 0.5) is 0 Å². The molecule has 0 saturated carbocycles. The second-order valence-electron chi connectivity index (χ2n) is 2.99. The molecule has 0 aromatic carbocycles. The van der Waals surface area contributed by atoms with E-state index in [-0.39, 0.29) is 9.84 Å². The Bertz CT molecular complexity index is 121. The number of rotatable bonds is 4. The molecule has 11 heavy (non-hydrogen) atoms. The van der Waals surface area contributed by atoms with Crippen molar-refractivity contribution < 1.29 is 4.74 Å². The van der Waals surface area contributed by atoms with Gasteiger partial charge in [-0.25, -0.2) is 0 Å². The highest BCUT2D eigenvalue weighted by atomic mass is 28.2. The van der Waals surface area contributed by atoms with Crippen LogP contribution in [-0.2, 0) is 4.74 Å². The van der Waals surface area contributed by atoms with Crippen molar-refractivity contribution in [3.63, 3.8) is 0 Å². The lowest BCUT2D eigenvalue weighted by atomic mass is 10.5. The predicted molar refractivity (Wildman–Crippen MR) is 48.7 cm³/mol. The minimum absolute atomic E-state index is 0.0938. The molecule has 1 atom stereocenters. The van der Waals surface area contributed by atoms with Crippen molar-refractivity contribution in [1.29, 1.82) is 0 Å². The molecule has 3 nitrogen and oxygen atoms in total. The average Bonchev–Trinajstić information content (AvgIpc) is 2.00. The van der Waals surface area contributed by atoms with E-state index in [2.05, 4.69) is 30.0 Å². The molecule has 0 N–H and O–H groups in total. The summed E-state index contributed by atoms with van der Waals surface area (Å²) in [6.45, 7) is 6.30. The van der Waals surface area contributed by atoms with Crippen LogP contribution >= 0.6 is 0 Å². The zero-order valence-corrected chi connectivity index (χ0v) is 9.12. The summed E-state index contributed by atoms with van der Waals surface area (Å²) in [6.07, 6.45) is 1.55. The van der Waals surface area contributed by atoms with Gasteiger partial charge in [-0.15, -0.1) is 0 Å². The van der Waals surface area contributed by atoms with Crippen LogP contribution in [-0.4, -0.2) is 45.5 Å². The second kappa shape index (κ2) is 4.20. The quantitative estimate of drug-likeness (QED) is 0.556. The van der Waals surface area contributed by atoms with Crippen molar-refractivity contribution in [3.8, 4) is 0 Å². The molecule has 1 aliphatic rings. The lowest BCUT2D eigenvalue weighted by molar-refractivity contribution is -0.121. The first-order chi connectivity index (χ1) is 5.29. The van der Waals surface area contributed by atoms with E-state index in [0.717, 1.165) is 6.61 Å². The van der Waals surface area contributed by atoms with Crippen molar-refractivity contribution in [2.45, 2.75) is 26.6 Å². The molecule has 0 radical (unpaired) electrons. The minimum atomic E-state index is -0.0938. The van der Waals surface area contributed by atoms with E-state index in [9.17, 15) is 0 Å². The highest BCUT2D eigenvalue weighted by molar-refractivity contribution is 6.31. The Kier molecular flexibility index (Phi) is 3.51. The maximum atomic E-state index is 5.54. The van der Waals surface area contributed by atoms with Crippen LogP contribution in [0.15, 0.2) is 0 Å². The minimum Gasteiger partial charge on any atom is -0.351 e. The summed E-state index contributed by atoms with van der Waals surface area (Å²) in [5.41, 5.74) is 0. The first kappa shape index (κ1) is 9.19. The maximum absolute atomic E-state index is 5.54. The summed E-state index contributed by atoms with van der Waals surface area (Å²) < 4.78 is 10.4. The predicted octanol–water partition coefficient (Wildman–Crippen LogP) is -0.0373. The van der Waals surface area contributed by atoms with E-state index in [1.54, 1.807) is 0 Å². The summed E-state index contributed by atoms with van der Waals surface area (Å²) in [5.74, 6) is 0. The van der Waals surface area contributed by atoms with Gasteiger partial charge in [-0.3, -0.25) is 9.13 Å². The van der Waals surface area contributed by atoms with E-state index in [1.807, 2.05) is 0 Å². The van der Waals surface area contributed by atoms with Crippen molar-refractivity contribution in [2.75, 3.05) is 20.2 Å². The zero-order chi connectivity index (χ0) is 8.27. The molecule has 0 amide bonds. The molecular weight excluding hydrogens is 156 g/mol. The highest BCUT2D eigenvalue weighted by Crippen LogP contribution is 2.14. The largest absolute Gasteiger partial charge is 0.351 e. The van der Waals surface area contributed by atoms with Gasteiger partial charge in [-0.05, 0) is 26.9 Å². The van der Waals surface area contributed by atoms with E-state index >= 15 is 0 Å². The van der Waals surface area contributed by atoms with Gasteiger partial charge in [-0.1, -0.05) is 6.92 Å². The molecule has 0 aliphatic carbocycles. The smallest absolute Gasteiger partial charge is 0.179 e. The number of hydrogen-bond acceptors (Lipinski definition) is 3. The van der Waals surface area contributed by atoms with Crippen LogP contribution in [0, 0.1) is 0 Å². The Hall–Kier alpha value is 0.0969. The van der Waals surface area contributed by atoms with Crippen LogP contribution in [0.3, 0.4) is 0 Å². The summed E-state index contributed by atoms with van der Waals surface area (Å²) >= 11 is 0. The molecule has 1 unspecified atom stereocenters. The molecular formula is C7H18N2OSi. The summed E-state index contributed by atoms with van der Waals surface area (Å²) in [7, 11) is 2.06. The third-order valence-corrected chi connectivity index (χ3v) is 3.67. The molecule has 0 aromatic heterocycles. The first-order valence-corrected chi connectivity index (χ1v) is 5.62. The molecule has 1 rings (SSSR count). The molecule has 0 bridgehead atoms. The Balaban J connectivity index is 2.23. The van der Waals surface area contributed by atoms with Gasteiger partial charge < -0.3 is 4.74 Å². The van der Waals surface area contributed by atoms with Crippen LogP contribution in [0.1, 0.15) is 20.3 Å². The molecule has 4 heteroatoms. The van der Waals surface area contributed by atoms with Crippen molar-refractivity contribution in [2.24, 2.45) is 0 Å². The van der Waals surface area contributed by atoms with Gasteiger partial charge in [0, 0.05) is 6.61 Å². The molecule has 1 aliphatic heterocycles. The fourth-order valence-electron chi connectivity index (χ4n) is 1.46. The standard InChI is InChI=1S/C7H18N2OSi/c1-4-6-9-7(10-5-2)8(3)11-9/h7H,4-6,11H2,1-3H3. The monoisotopic (exact) mass is 174 g/mol. The van der Waals surface area contributed by atoms with E-state index in [1.165, 1.54) is 13.0 Å². The summed E-state index contributed by atoms with van der Waals surface area (Å²) in [5, 5.41) is 0. The molecule has 1 heterocycles. The van der Waals surface area contributed by atoms with Gasteiger partial charge in [0.25, 0.3) is 0 Å². The van der Waals surface area contributed by atoms with Gasteiger partial charge in [0.15, 0.2) is 16.2 Å². The molecule has 0 aromatic rings.